The number of hydrogen-bond donors (Lipinski definition) is 1. The minimum atomic E-state index is -0.549. The molecule has 2 fully saturated rings. The first-order valence-electron chi connectivity index (χ1n) is 9.44. The highest BCUT2D eigenvalue weighted by Gasteiger charge is 2.60. The molecule has 1 N–H and O–H groups in total. The van der Waals surface area contributed by atoms with Crippen LogP contribution in [-0.2, 0) is 6.42 Å². The molecule has 3 aliphatic carbocycles. The van der Waals surface area contributed by atoms with Crippen molar-refractivity contribution in [2.75, 3.05) is 7.11 Å². The topological polar surface area (TPSA) is 29.5 Å². The molecule has 0 heterocycles. The Kier molecular flexibility index (Phi) is 3.80. The number of hydrogen-bond acceptors (Lipinski definition) is 2. The lowest BCUT2D eigenvalue weighted by Crippen LogP contribution is -2.50. The lowest BCUT2D eigenvalue weighted by Gasteiger charge is -2.53. The van der Waals surface area contributed by atoms with Crippen LogP contribution in [0, 0.1) is 23.3 Å². The molecule has 0 bridgehead atoms. The van der Waals surface area contributed by atoms with E-state index in [1.54, 1.807) is 7.11 Å². The van der Waals surface area contributed by atoms with Crippen molar-refractivity contribution in [3.05, 3.63) is 42.0 Å². The molecule has 24 heavy (non-hydrogen) atoms. The van der Waals surface area contributed by atoms with E-state index in [4.69, 9.17) is 4.74 Å². The van der Waals surface area contributed by atoms with Gasteiger partial charge < -0.3 is 9.84 Å². The first-order chi connectivity index (χ1) is 11.5. The van der Waals surface area contributed by atoms with Crippen LogP contribution in [0.25, 0.3) is 0 Å². The van der Waals surface area contributed by atoms with Gasteiger partial charge in [0.25, 0.3) is 0 Å². The van der Waals surface area contributed by atoms with Gasteiger partial charge in [0, 0.05) is 6.07 Å². The van der Waals surface area contributed by atoms with Gasteiger partial charge in [-0.25, -0.2) is 0 Å². The summed E-state index contributed by atoms with van der Waals surface area (Å²) in [4.78, 5) is 0. The predicted octanol–water partition coefficient (Wildman–Crippen LogP) is 4.66. The Hall–Kier alpha value is -1.28. The van der Waals surface area contributed by atoms with Gasteiger partial charge in [-0.1, -0.05) is 13.0 Å². The first-order valence-corrected chi connectivity index (χ1v) is 9.44. The molecule has 2 heteroatoms. The summed E-state index contributed by atoms with van der Waals surface area (Å²) in [5.41, 5.74) is 2.44. The second-order valence-electron chi connectivity index (χ2n) is 8.42. The number of aryl methyl sites for hydroxylation is 1. The number of rotatable bonds is 3. The van der Waals surface area contributed by atoms with Crippen molar-refractivity contribution in [1.29, 1.82) is 0 Å². The molecule has 129 valence electrons. The summed E-state index contributed by atoms with van der Waals surface area (Å²) in [6, 6.07) is 7.61. The second kappa shape index (κ2) is 5.62. The van der Waals surface area contributed by atoms with Gasteiger partial charge in [-0.3, -0.25) is 0 Å². The zero-order valence-corrected chi connectivity index (χ0v) is 15.0. The Labute approximate surface area is 145 Å². The molecule has 0 amide bonds. The number of benzene rings is 1. The van der Waals surface area contributed by atoms with E-state index < -0.39 is 5.60 Å². The summed E-state index contributed by atoms with van der Waals surface area (Å²) < 4.78 is 5.42. The predicted molar refractivity (Wildman–Crippen MR) is 96.2 cm³/mol. The van der Waals surface area contributed by atoms with Gasteiger partial charge in [0.1, 0.15) is 5.75 Å². The first kappa shape index (κ1) is 16.2. The highest BCUT2D eigenvalue weighted by atomic mass is 16.5. The van der Waals surface area contributed by atoms with Crippen molar-refractivity contribution in [2.45, 2.75) is 63.4 Å². The summed E-state index contributed by atoms with van der Waals surface area (Å²) in [5.74, 6) is 2.81. The Morgan fingerprint density at radius 2 is 2.21 bits per heavy atom. The molecule has 1 aromatic carbocycles. The average Bonchev–Trinajstić information content (AvgIpc) is 2.86. The normalized spacial score (nSPS) is 40.4. The van der Waals surface area contributed by atoms with Crippen LogP contribution in [0.4, 0.5) is 0 Å². The molecule has 0 spiro atoms. The van der Waals surface area contributed by atoms with Crippen molar-refractivity contribution in [3.63, 3.8) is 0 Å². The molecule has 2 nitrogen and oxygen atoms in total. The number of ether oxygens (including phenoxy) is 1. The standard InChI is InChI=1S/C22H29O2/c1-4-11-22(23)13-10-20-18-8-6-15-5-7-16(24-3)14-19(15)17(18)9-12-21(20,22)2/h4-5,14,17-18,20,23H,1,6,8-13H2,2-3H3/t17-,18+,20-,21-,22-/m0/s1. The van der Waals surface area contributed by atoms with E-state index in [1.165, 1.54) is 24.0 Å². The lowest BCUT2D eigenvalue weighted by atomic mass is 9.53. The molecular formula is C22H29O2. The van der Waals surface area contributed by atoms with Crippen LogP contribution < -0.4 is 4.74 Å². The molecular weight excluding hydrogens is 296 g/mol. The van der Waals surface area contributed by atoms with E-state index in [0.29, 0.717) is 17.8 Å². The average molecular weight is 325 g/mol. The smallest absolute Gasteiger partial charge is 0.127 e. The zero-order valence-electron chi connectivity index (χ0n) is 15.0. The maximum Gasteiger partial charge on any atom is 0.127 e. The van der Waals surface area contributed by atoms with E-state index in [9.17, 15) is 5.11 Å². The second-order valence-corrected chi connectivity index (χ2v) is 8.42. The van der Waals surface area contributed by atoms with Crippen LogP contribution >= 0.6 is 0 Å². The number of fused-ring (bicyclic) bond motifs is 5. The number of aliphatic hydroxyl groups is 1. The molecule has 0 unspecified atom stereocenters. The highest BCUT2D eigenvalue weighted by molar-refractivity contribution is 5.40. The Balaban J connectivity index is 1.69. The Morgan fingerprint density at radius 1 is 1.38 bits per heavy atom. The lowest BCUT2D eigenvalue weighted by molar-refractivity contribution is -0.100. The molecule has 1 aromatic rings. The SMILES string of the molecule is C=CC[C@]1(O)CC[C@H]2[C@@H]3CCc4c[c]c(OC)cc4[C@H]3CC[C@@]21C. The summed E-state index contributed by atoms with van der Waals surface area (Å²) in [5, 5.41) is 11.3. The van der Waals surface area contributed by atoms with Gasteiger partial charge in [-0.2, -0.15) is 0 Å². The van der Waals surface area contributed by atoms with Gasteiger partial charge in [-0.05, 0) is 91.4 Å². The van der Waals surface area contributed by atoms with Crippen molar-refractivity contribution in [3.8, 4) is 5.75 Å². The highest BCUT2D eigenvalue weighted by Crippen LogP contribution is 2.65. The van der Waals surface area contributed by atoms with Gasteiger partial charge in [0.15, 0.2) is 0 Å². The Morgan fingerprint density at radius 3 is 2.96 bits per heavy atom. The van der Waals surface area contributed by atoms with Crippen LogP contribution in [0.1, 0.15) is 62.5 Å². The van der Waals surface area contributed by atoms with Crippen LogP contribution in [-0.4, -0.2) is 17.8 Å². The zero-order chi connectivity index (χ0) is 16.9. The van der Waals surface area contributed by atoms with E-state index in [1.807, 2.05) is 6.08 Å². The van der Waals surface area contributed by atoms with Crippen LogP contribution in [0.5, 0.6) is 5.75 Å². The minimum absolute atomic E-state index is 0.0465. The molecule has 2 saturated carbocycles. The van der Waals surface area contributed by atoms with E-state index in [2.05, 4.69) is 31.7 Å². The largest absolute Gasteiger partial charge is 0.496 e. The minimum Gasteiger partial charge on any atom is -0.496 e. The summed E-state index contributed by atoms with van der Waals surface area (Å²) >= 11 is 0. The fourth-order valence-corrected chi connectivity index (χ4v) is 6.28. The Bertz CT molecular complexity index is 651. The third-order valence-corrected chi connectivity index (χ3v) is 7.65. The van der Waals surface area contributed by atoms with Gasteiger partial charge in [0.05, 0.1) is 12.7 Å². The van der Waals surface area contributed by atoms with E-state index in [0.717, 1.165) is 37.9 Å². The van der Waals surface area contributed by atoms with Crippen molar-refractivity contribution in [2.24, 2.45) is 17.3 Å². The quantitative estimate of drug-likeness (QED) is 0.819. The monoisotopic (exact) mass is 325 g/mol. The maximum atomic E-state index is 11.3. The van der Waals surface area contributed by atoms with Crippen molar-refractivity contribution in [1.82, 2.24) is 0 Å². The fraction of sp³-hybridized carbons (Fsp3) is 0.636. The third-order valence-electron chi connectivity index (χ3n) is 7.65. The summed E-state index contributed by atoms with van der Waals surface area (Å²) in [6.45, 7) is 6.24. The number of methoxy groups -OCH3 is 1. The van der Waals surface area contributed by atoms with Crippen molar-refractivity contribution >= 4 is 0 Å². The maximum absolute atomic E-state index is 11.3. The van der Waals surface area contributed by atoms with Crippen molar-refractivity contribution < 1.29 is 9.84 Å². The molecule has 5 atom stereocenters. The molecule has 0 saturated heterocycles. The van der Waals surface area contributed by atoms with Crippen LogP contribution in [0.2, 0.25) is 0 Å². The van der Waals surface area contributed by atoms with Gasteiger partial charge in [0.2, 0.25) is 0 Å². The fourth-order valence-electron chi connectivity index (χ4n) is 6.28. The summed E-state index contributed by atoms with van der Waals surface area (Å²) in [6.07, 6.45) is 9.43. The summed E-state index contributed by atoms with van der Waals surface area (Å²) in [7, 11) is 1.73. The van der Waals surface area contributed by atoms with E-state index >= 15 is 0 Å². The molecule has 1 radical (unpaired) electrons. The van der Waals surface area contributed by atoms with Gasteiger partial charge in [-0.15, -0.1) is 6.58 Å². The molecule has 4 rings (SSSR count). The molecule has 0 aromatic heterocycles. The molecule has 3 aliphatic rings. The third kappa shape index (κ3) is 2.12. The van der Waals surface area contributed by atoms with Crippen LogP contribution in [0.3, 0.4) is 0 Å². The van der Waals surface area contributed by atoms with Gasteiger partial charge >= 0.3 is 0 Å². The van der Waals surface area contributed by atoms with E-state index in [-0.39, 0.29) is 5.41 Å². The molecule has 0 aliphatic heterocycles. The van der Waals surface area contributed by atoms with Crippen LogP contribution in [0.15, 0.2) is 24.8 Å².